The third-order valence-corrected chi connectivity index (χ3v) is 1.95. The molecule has 1 unspecified atom stereocenters. The van der Waals surface area contributed by atoms with Crippen LogP contribution < -0.4 is 11.2 Å². The lowest BCUT2D eigenvalue weighted by atomic mass is 10.1. The predicted molar refractivity (Wildman–Crippen MR) is 57.9 cm³/mol. The van der Waals surface area contributed by atoms with Gasteiger partial charge in [0.25, 0.3) is 5.91 Å². The highest BCUT2D eigenvalue weighted by Gasteiger charge is 2.13. The first-order valence-corrected chi connectivity index (χ1v) is 4.95. The van der Waals surface area contributed by atoms with Gasteiger partial charge in [0, 0.05) is 0 Å². The summed E-state index contributed by atoms with van der Waals surface area (Å²) in [5.41, 5.74) is 9.02. The lowest BCUT2D eigenvalue weighted by molar-refractivity contribution is -0.134. The Morgan fingerprint density at radius 1 is 1.47 bits per heavy atom. The van der Waals surface area contributed by atoms with Crippen LogP contribution in [0.2, 0.25) is 0 Å². The molecule has 1 aromatic rings. The fourth-order valence-corrected chi connectivity index (χ4v) is 1.18. The highest BCUT2D eigenvalue weighted by molar-refractivity contribution is 5.80. The van der Waals surface area contributed by atoms with Crippen molar-refractivity contribution >= 4 is 5.91 Å². The summed E-state index contributed by atoms with van der Waals surface area (Å²) >= 11 is 0. The Labute approximate surface area is 89.4 Å². The molecule has 0 aliphatic rings. The molecule has 3 N–H and O–H groups in total. The monoisotopic (exact) mass is 208 g/mol. The summed E-state index contributed by atoms with van der Waals surface area (Å²) in [5.74, 6) is -0.291. The molecule has 0 aliphatic carbocycles. The highest BCUT2D eigenvalue weighted by Crippen LogP contribution is 2.01. The average molecular weight is 208 g/mol. The minimum absolute atomic E-state index is 0.291. The van der Waals surface area contributed by atoms with Gasteiger partial charge in [-0.2, -0.15) is 0 Å². The highest BCUT2D eigenvalue weighted by atomic mass is 16.6. The number of nitrogens with one attached hydrogen (secondary N) is 1. The van der Waals surface area contributed by atoms with E-state index in [9.17, 15) is 4.79 Å². The molecule has 0 saturated heterocycles. The molecule has 0 radical (unpaired) electrons. The van der Waals surface area contributed by atoms with Crippen LogP contribution in [0.15, 0.2) is 30.3 Å². The Kier molecular flexibility index (Phi) is 4.80. The summed E-state index contributed by atoms with van der Waals surface area (Å²) in [5, 5.41) is 0. The maximum Gasteiger partial charge on any atom is 0.260 e. The van der Waals surface area contributed by atoms with Crippen LogP contribution in [0.5, 0.6) is 0 Å². The molecular formula is C11H16N2O2. The number of hydrogen-bond acceptors (Lipinski definition) is 3. The van der Waals surface area contributed by atoms with Crippen LogP contribution in [0, 0.1) is 0 Å². The van der Waals surface area contributed by atoms with Gasteiger partial charge in [0.1, 0.15) is 0 Å². The number of hydroxylamine groups is 1. The van der Waals surface area contributed by atoms with Crippen LogP contribution in [-0.2, 0) is 16.1 Å². The third kappa shape index (κ3) is 4.10. The molecular weight excluding hydrogens is 192 g/mol. The minimum Gasteiger partial charge on any atom is -0.320 e. The average Bonchev–Trinajstić information content (AvgIpc) is 2.27. The molecule has 0 aromatic heterocycles. The van der Waals surface area contributed by atoms with E-state index < -0.39 is 6.04 Å². The fourth-order valence-electron chi connectivity index (χ4n) is 1.18. The van der Waals surface area contributed by atoms with E-state index in [2.05, 4.69) is 5.48 Å². The quantitative estimate of drug-likeness (QED) is 0.697. The van der Waals surface area contributed by atoms with Crippen LogP contribution in [0.1, 0.15) is 12.5 Å². The van der Waals surface area contributed by atoms with Gasteiger partial charge in [0.2, 0.25) is 0 Å². The molecule has 0 fully saturated rings. The topological polar surface area (TPSA) is 64.3 Å². The molecule has 4 heteroatoms. The summed E-state index contributed by atoms with van der Waals surface area (Å²) < 4.78 is 0. The summed E-state index contributed by atoms with van der Waals surface area (Å²) in [6.45, 7) is 2.23. The second kappa shape index (κ2) is 6.16. The number of amides is 1. The standard InChI is InChI=1S/C11H16N2O2/c1-2-15-13-11(14)10(12)8-9-6-4-3-5-7-9/h3-7,10H,2,8,12H2,1H3,(H,13,14). The van der Waals surface area contributed by atoms with E-state index >= 15 is 0 Å². The van der Waals surface area contributed by atoms with Crippen molar-refractivity contribution in [3.63, 3.8) is 0 Å². The minimum atomic E-state index is -0.570. The van der Waals surface area contributed by atoms with E-state index in [-0.39, 0.29) is 5.91 Å². The van der Waals surface area contributed by atoms with Crippen molar-refractivity contribution in [2.24, 2.45) is 5.73 Å². The molecule has 0 bridgehead atoms. The normalized spacial score (nSPS) is 12.1. The Bertz CT molecular complexity index is 301. The zero-order valence-corrected chi connectivity index (χ0v) is 8.77. The SMILES string of the molecule is CCONC(=O)C(N)Cc1ccccc1. The van der Waals surface area contributed by atoms with E-state index in [1.54, 1.807) is 6.92 Å². The van der Waals surface area contributed by atoms with Gasteiger partial charge < -0.3 is 5.73 Å². The summed E-state index contributed by atoms with van der Waals surface area (Å²) in [4.78, 5) is 16.1. The largest absolute Gasteiger partial charge is 0.320 e. The van der Waals surface area contributed by atoms with Gasteiger partial charge in [-0.25, -0.2) is 5.48 Å². The van der Waals surface area contributed by atoms with E-state index in [4.69, 9.17) is 10.6 Å². The second-order valence-electron chi connectivity index (χ2n) is 3.20. The maximum atomic E-state index is 11.3. The predicted octanol–water partition coefficient (Wildman–Crippen LogP) is 0.624. The van der Waals surface area contributed by atoms with E-state index in [1.807, 2.05) is 30.3 Å². The number of benzene rings is 1. The van der Waals surface area contributed by atoms with Crippen LogP contribution in [0.25, 0.3) is 0 Å². The summed E-state index contributed by atoms with van der Waals surface area (Å²) in [6.07, 6.45) is 0.514. The van der Waals surface area contributed by atoms with Crippen molar-refractivity contribution in [1.82, 2.24) is 5.48 Å². The van der Waals surface area contributed by atoms with Gasteiger partial charge in [0.05, 0.1) is 12.6 Å². The lowest BCUT2D eigenvalue weighted by Gasteiger charge is -2.11. The van der Waals surface area contributed by atoms with E-state index in [1.165, 1.54) is 0 Å². The van der Waals surface area contributed by atoms with Crippen molar-refractivity contribution in [2.75, 3.05) is 6.61 Å². The van der Waals surface area contributed by atoms with Crippen LogP contribution in [0.3, 0.4) is 0 Å². The van der Waals surface area contributed by atoms with Gasteiger partial charge in [0.15, 0.2) is 0 Å². The number of hydrogen-bond donors (Lipinski definition) is 2. The van der Waals surface area contributed by atoms with Gasteiger partial charge in [-0.3, -0.25) is 9.63 Å². The Balaban J connectivity index is 2.41. The van der Waals surface area contributed by atoms with Crippen molar-refractivity contribution < 1.29 is 9.63 Å². The zero-order chi connectivity index (χ0) is 11.1. The molecule has 0 saturated carbocycles. The molecule has 4 nitrogen and oxygen atoms in total. The van der Waals surface area contributed by atoms with Gasteiger partial charge >= 0.3 is 0 Å². The molecule has 1 aromatic carbocycles. The second-order valence-corrected chi connectivity index (χ2v) is 3.20. The molecule has 1 atom stereocenters. The number of carbonyl (C=O) groups excluding carboxylic acids is 1. The van der Waals surface area contributed by atoms with Crippen molar-refractivity contribution in [3.05, 3.63) is 35.9 Å². The first kappa shape index (κ1) is 11.7. The fraction of sp³-hybridized carbons (Fsp3) is 0.364. The first-order chi connectivity index (χ1) is 7.24. The maximum absolute atomic E-state index is 11.3. The van der Waals surface area contributed by atoms with E-state index in [0.717, 1.165) is 5.56 Å². The summed E-state index contributed by atoms with van der Waals surface area (Å²) in [6, 6.07) is 9.07. The molecule has 82 valence electrons. The Morgan fingerprint density at radius 2 is 2.13 bits per heavy atom. The molecule has 15 heavy (non-hydrogen) atoms. The molecule has 0 spiro atoms. The van der Waals surface area contributed by atoms with E-state index in [0.29, 0.717) is 13.0 Å². The number of nitrogens with two attached hydrogens (primary N) is 1. The number of carbonyl (C=O) groups is 1. The van der Waals surface area contributed by atoms with Crippen molar-refractivity contribution in [3.8, 4) is 0 Å². The molecule has 0 heterocycles. The van der Waals surface area contributed by atoms with Gasteiger partial charge in [-0.15, -0.1) is 0 Å². The van der Waals surface area contributed by atoms with Gasteiger partial charge in [-0.1, -0.05) is 30.3 Å². The summed E-state index contributed by atoms with van der Waals surface area (Å²) in [7, 11) is 0. The zero-order valence-electron chi connectivity index (χ0n) is 8.77. The van der Waals surface area contributed by atoms with Gasteiger partial charge in [-0.05, 0) is 18.9 Å². The molecule has 1 amide bonds. The number of rotatable bonds is 5. The van der Waals surface area contributed by atoms with Crippen LogP contribution in [0.4, 0.5) is 0 Å². The van der Waals surface area contributed by atoms with Crippen molar-refractivity contribution in [2.45, 2.75) is 19.4 Å². The smallest absolute Gasteiger partial charge is 0.260 e. The Morgan fingerprint density at radius 3 is 2.73 bits per heavy atom. The van der Waals surface area contributed by atoms with Crippen molar-refractivity contribution in [1.29, 1.82) is 0 Å². The third-order valence-electron chi connectivity index (χ3n) is 1.95. The van der Waals surface area contributed by atoms with Crippen LogP contribution >= 0.6 is 0 Å². The molecule has 1 rings (SSSR count). The lowest BCUT2D eigenvalue weighted by Crippen LogP contribution is -2.41. The van der Waals surface area contributed by atoms with Crippen LogP contribution in [-0.4, -0.2) is 18.6 Å². The molecule has 0 aliphatic heterocycles. The Hall–Kier alpha value is -1.39. The first-order valence-electron chi connectivity index (χ1n) is 4.95.